The average molecular weight is 245 g/mol. The van der Waals surface area contributed by atoms with E-state index in [1.54, 1.807) is 0 Å². The fourth-order valence-corrected chi connectivity index (χ4v) is 1.84. The molecule has 1 aromatic rings. The van der Waals surface area contributed by atoms with Crippen LogP contribution in [-0.4, -0.2) is 32.1 Å². The molecule has 0 radical (unpaired) electrons. The highest BCUT2D eigenvalue weighted by molar-refractivity contribution is 5.32. The molecule has 0 saturated carbocycles. The van der Waals surface area contributed by atoms with E-state index in [0.717, 1.165) is 18.7 Å². The van der Waals surface area contributed by atoms with E-state index in [9.17, 15) is 0 Å². The molecule has 0 aliphatic carbocycles. The van der Waals surface area contributed by atoms with Gasteiger partial charge in [0.05, 0.1) is 11.6 Å². The Hall–Kier alpha value is -1.37. The van der Waals surface area contributed by atoms with E-state index in [1.165, 1.54) is 18.4 Å². The zero-order chi connectivity index (χ0) is 13.4. The van der Waals surface area contributed by atoms with Gasteiger partial charge in [0.2, 0.25) is 0 Å². The lowest BCUT2D eigenvalue weighted by Crippen LogP contribution is -2.21. The molecule has 0 saturated heterocycles. The van der Waals surface area contributed by atoms with E-state index in [4.69, 9.17) is 5.26 Å². The Morgan fingerprint density at radius 3 is 2.44 bits per heavy atom. The van der Waals surface area contributed by atoms with Gasteiger partial charge in [0.25, 0.3) is 0 Å². The lowest BCUT2D eigenvalue weighted by molar-refractivity contribution is 0.389. The standard InChI is InChI=1S/C15H23N3/c1-13(17-10-4-5-11-18(2)3)15-8-6-14(12-16)7-9-15/h6-9,13,17H,4-5,10-11H2,1-3H3. The first-order valence-electron chi connectivity index (χ1n) is 6.51. The van der Waals surface area contributed by atoms with Crippen molar-refractivity contribution >= 4 is 0 Å². The molecule has 0 heterocycles. The summed E-state index contributed by atoms with van der Waals surface area (Å²) in [6, 6.07) is 10.3. The molecule has 0 aliphatic rings. The first kappa shape index (κ1) is 14.7. The van der Waals surface area contributed by atoms with Gasteiger partial charge < -0.3 is 10.2 Å². The molecule has 0 fully saturated rings. The van der Waals surface area contributed by atoms with Crippen LogP contribution in [0.5, 0.6) is 0 Å². The van der Waals surface area contributed by atoms with Gasteiger partial charge >= 0.3 is 0 Å². The topological polar surface area (TPSA) is 39.1 Å². The summed E-state index contributed by atoms with van der Waals surface area (Å²) >= 11 is 0. The Morgan fingerprint density at radius 1 is 1.22 bits per heavy atom. The van der Waals surface area contributed by atoms with E-state index in [1.807, 2.05) is 24.3 Å². The zero-order valence-electron chi connectivity index (χ0n) is 11.6. The Kier molecular flexibility index (Phi) is 6.42. The number of rotatable bonds is 7. The molecule has 3 heteroatoms. The number of benzene rings is 1. The van der Waals surface area contributed by atoms with Crippen LogP contribution in [0, 0.1) is 11.3 Å². The lowest BCUT2D eigenvalue weighted by Gasteiger charge is -2.15. The second-order valence-corrected chi connectivity index (χ2v) is 4.92. The zero-order valence-corrected chi connectivity index (χ0v) is 11.6. The maximum atomic E-state index is 8.74. The number of unbranched alkanes of at least 4 members (excludes halogenated alkanes) is 1. The summed E-state index contributed by atoms with van der Waals surface area (Å²) in [5.41, 5.74) is 1.96. The highest BCUT2D eigenvalue weighted by Crippen LogP contribution is 2.12. The molecule has 1 aromatic carbocycles. The van der Waals surface area contributed by atoms with Crippen molar-refractivity contribution in [2.24, 2.45) is 0 Å². The molecule has 0 spiro atoms. The fourth-order valence-electron chi connectivity index (χ4n) is 1.84. The molecule has 98 valence electrons. The minimum Gasteiger partial charge on any atom is -0.310 e. The van der Waals surface area contributed by atoms with Gasteiger partial charge in [0.1, 0.15) is 0 Å². The first-order valence-corrected chi connectivity index (χ1v) is 6.51. The normalized spacial score (nSPS) is 12.4. The smallest absolute Gasteiger partial charge is 0.0991 e. The second-order valence-electron chi connectivity index (χ2n) is 4.92. The van der Waals surface area contributed by atoms with Crippen LogP contribution in [0.2, 0.25) is 0 Å². The van der Waals surface area contributed by atoms with Crippen molar-refractivity contribution in [1.82, 2.24) is 10.2 Å². The van der Waals surface area contributed by atoms with Gasteiger partial charge in [0, 0.05) is 6.04 Å². The quantitative estimate of drug-likeness (QED) is 0.750. The summed E-state index contributed by atoms with van der Waals surface area (Å²) in [6.07, 6.45) is 2.42. The van der Waals surface area contributed by atoms with E-state index in [2.05, 4.69) is 37.3 Å². The molecular weight excluding hydrogens is 222 g/mol. The maximum absolute atomic E-state index is 8.74. The van der Waals surface area contributed by atoms with Crippen molar-refractivity contribution < 1.29 is 0 Å². The van der Waals surface area contributed by atoms with E-state index in [-0.39, 0.29) is 0 Å². The predicted octanol–water partition coefficient (Wildman–Crippen LogP) is 2.55. The molecule has 1 atom stereocenters. The summed E-state index contributed by atoms with van der Waals surface area (Å²) in [5, 5.41) is 12.3. The fraction of sp³-hybridized carbons (Fsp3) is 0.533. The van der Waals surface area contributed by atoms with Crippen LogP contribution in [0.4, 0.5) is 0 Å². The molecule has 1 rings (SSSR count). The number of nitriles is 1. The molecule has 18 heavy (non-hydrogen) atoms. The Labute approximate surface area is 110 Å². The Bertz CT molecular complexity index is 376. The van der Waals surface area contributed by atoms with E-state index < -0.39 is 0 Å². The van der Waals surface area contributed by atoms with Gasteiger partial charge in [-0.3, -0.25) is 0 Å². The summed E-state index contributed by atoms with van der Waals surface area (Å²) in [5.74, 6) is 0. The van der Waals surface area contributed by atoms with Gasteiger partial charge in [-0.25, -0.2) is 0 Å². The number of hydrogen-bond donors (Lipinski definition) is 1. The van der Waals surface area contributed by atoms with Crippen LogP contribution in [0.15, 0.2) is 24.3 Å². The van der Waals surface area contributed by atoms with Crippen LogP contribution < -0.4 is 5.32 Å². The second kappa shape index (κ2) is 7.86. The van der Waals surface area contributed by atoms with E-state index in [0.29, 0.717) is 6.04 Å². The van der Waals surface area contributed by atoms with Crippen molar-refractivity contribution in [2.45, 2.75) is 25.8 Å². The molecule has 3 nitrogen and oxygen atoms in total. The third-order valence-corrected chi connectivity index (χ3v) is 3.02. The molecular formula is C15H23N3. The molecule has 0 aromatic heterocycles. The largest absolute Gasteiger partial charge is 0.310 e. The van der Waals surface area contributed by atoms with Gasteiger partial charge in [-0.1, -0.05) is 12.1 Å². The van der Waals surface area contributed by atoms with Crippen molar-refractivity contribution in [3.8, 4) is 6.07 Å². The van der Waals surface area contributed by atoms with Crippen LogP contribution in [0.25, 0.3) is 0 Å². The van der Waals surface area contributed by atoms with Crippen molar-refractivity contribution in [1.29, 1.82) is 5.26 Å². The predicted molar refractivity (Wildman–Crippen MR) is 75.4 cm³/mol. The Balaban J connectivity index is 2.27. The highest BCUT2D eigenvalue weighted by Gasteiger charge is 2.03. The highest BCUT2D eigenvalue weighted by atomic mass is 15.0. The van der Waals surface area contributed by atoms with Crippen molar-refractivity contribution in [3.63, 3.8) is 0 Å². The van der Waals surface area contributed by atoms with Crippen LogP contribution in [0.3, 0.4) is 0 Å². The van der Waals surface area contributed by atoms with Crippen LogP contribution >= 0.6 is 0 Å². The molecule has 1 N–H and O–H groups in total. The lowest BCUT2D eigenvalue weighted by atomic mass is 10.1. The molecule has 0 amide bonds. The average Bonchev–Trinajstić information content (AvgIpc) is 2.38. The molecule has 0 bridgehead atoms. The first-order chi connectivity index (χ1) is 8.63. The van der Waals surface area contributed by atoms with Gasteiger partial charge in [-0.2, -0.15) is 5.26 Å². The Morgan fingerprint density at radius 2 is 1.89 bits per heavy atom. The van der Waals surface area contributed by atoms with Crippen molar-refractivity contribution in [2.75, 3.05) is 27.2 Å². The monoisotopic (exact) mass is 245 g/mol. The molecule has 0 aliphatic heterocycles. The number of nitrogens with one attached hydrogen (secondary N) is 1. The third kappa shape index (κ3) is 5.31. The van der Waals surface area contributed by atoms with Gasteiger partial charge in [0.15, 0.2) is 0 Å². The summed E-state index contributed by atoms with van der Waals surface area (Å²) in [6.45, 7) is 4.34. The van der Waals surface area contributed by atoms with Gasteiger partial charge in [-0.15, -0.1) is 0 Å². The van der Waals surface area contributed by atoms with Gasteiger partial charge in [-0.05, 0) is 64.6 Å². The summed E-state index contributed by atoms with van der Waals surface area (Å²) in [7, 11) is 4.21. The van der Waals surface area contributed by atoms with E-state index >= 15 is 0 Å². The summed E-state index contributed by atoms with van der Waals surface area (Å²) < 4.78 is 0. The minimum atomic E-state index is 0.345. The van der Waals surface area contributed by atoms with Crippen LogP contribution in [0.1, 0.15) is 36.9 Å². The number of hydrogen-bond acceptors (Lipinski definition) is 3. The number of nitrogens with zero attached hydrogens (tertiary/aromatic N) is 2. The summed E-state index contributed by atoms with van der Waals surface area (Å²) in [4.78, 5) is 2.21. The maximum Gasteiger partial charge on any atom is 0.0991 e. The van der Waals surface area contributed by atoms with Crippen LogP contribution in [-0.2, 0) is 0 Å². The molecule has 1 unspecified atom stereocenters. The SMILES string of the molecule is CC(NCCCCN(C)C)c1ccc(C#N)cc1. The minimum absolute atomic E-state index is 0.345. The third-order valence-electron chi connectivity index (χ3n) is 3.02. The van der Waals surface area contributed by atoms with Crippen molar-refractivity contribution in [3.05, 3.63) is 35.4 Å².